The van der Waals surface area contributed by atoms with Crippen molar-refractivity contribution in [2.45, 2.75) is 69.8 Å². The van der Waals surface area contributed by atoms with Crippen molar-refractivity contribution in [3.05, 3.63) is 83.5 Å². The average Bonchev–Trinajstić information content (AvgIpc) is 3.60. The largest absolute Gasteiger partial charge is 0.370 e. The zero-order valence-electron chi connectivity index (χ0n) is 20.6. The number of hydrogen-bond acceptors (Lipinski definition) is 3. The van der Waals surface area contributed by atoms with E-state index in [2.05, 4.69) is 47.3 Å². The molecule has 2 saturated carbocycles. The number of rotatable bonds is 2. The third kappa shape index (κ3) is 2.95. The van der Waals surface area contributed by atoms with Gasteiger partial charge >= 0.3 is 0 Å². The topological polar surface area (TPSA) is 44.1 Å². The summed E-state index contributed by atoms with van der Waals surface area (Å²) in [6.07, 6.45) is 15.8. The van der Waals surface area contributed by atoms with Crippen molar-refractivity contribution in [3.8, 4) is 5.69 Å². The molecule has 3 unspecified atom stereocenters. The van der Waals surface area contributed by atoms with Crippen LogP contribution in [0.15, 0.2) is 77.9 Å². The third-order valence-electron chi connectivity index (χ3n) is 10.3. The van der Waals surface area contributed by atoms with Crippen LogP contribution in [-0.4, -0.2) is 27.5 Å². The van der Waals surface area contributed by atoms with Crippen LogP contribution in [0, 0.1) is 17.3 Å². The second kappa shape index (κ2) is 7.64. The molecular weight excluding hydrogens is 432 g/mol. The van der Waals surface area contributed by atoms with Gasteiger partial charge in [-0.1, -0.05) is 31.2 Å². The average molecular weight is 467 g/mol. The summed E-state index contributed by atoms with van der Waals surface area (Å²) in [5, 5.41) is 0. The first-order valence-electron chi connectivity index (χ1n) is 13.4. The molecule has 35 heavy (non-hydrogen) atoms. The lowest BCUT2D eigenvalue weighted by molar-refractivity contribution is -0.114. The molecule has 1 saturated heterocycles. The van der Waals surface area contributed by atoms with Crippen molar-refractivity contribution in [2.75, 3.05) is 6.61 Å². The molecule has 0 amide bonds. The van der Waals surface area contributed by atoms with E-state index in [0.29, 0.717) is 30.0 Å². The van der Waals surface area contributed by atoms with Gasteiger partial charge in [0.15, 0.2) is 5.78 Å². The fraction of sp³-hybridized carbons (Fsp3) is 0.484. The minimum atomic E-state index is -0.165. The monoisotopic (exact) mass is 466 g/mol. The van der Waals surface area contributed by atoms with Crippen LogP contribution in [0.1, 0.15) is 69.8 Å². The lowest BCUT2D eigenvalue weighted by Gasteiger charge is -2.55. The number of nitrogens with zero attached hydrogens (tertiary/aromatic N) is 2. The predicted molar refractivity (Wildman–Crippen MR) is 136 cm³/mol. The van der Waals surface area contributed by atoms with Crippen molar-refractivity contribution in [2.24, 2.45) is 17.3 Å². The molecule has 1 spiro atoms. The Labute approximate surface area is 207 Å². The van der Waals surface area contributed by atoms with Crippen LogP contribution in [0.2, 0.25) is 0 Å². The SMILES string of the molecule is C=C1CCOC12CCC1C3CCC4=CC(=O)CCC4=C3[C@@H](c3ccc(-n4ccnc4)cc3)C[C@@]12C. The number of fused-ring (bicyclic) bond motifs is 5. The Balaban J connectivity index is 1.37. The van der Waals surface area contributed by atoms with E-state index in [1.54, 1.807) is 5.57 Å². The number of aromatic nitrogens is 2. The maximum absolute atomic E-state index is 12.3. The minimum Gasteiger partial charge on any atom is -0.370 e. The molecule has 7 rings (SSSR count). The zero-order chi connectivity index (χ0) is 23.8. The Bertz CT molecular complexity index is 1270. The molecule has 0 radical (unpaired) electrons. The molecule has 4 nitrogen and oxygen atoms in total. The highest BCUT2D eigenvalue weighted by Crippen LogP contribution is 2.70. The number of imidazole rings is 1. The van der Waals surface area contributed by atoms with E-state index < -0.39 is 0 Å². The van der Waals surface area contributed by atoms with Crippen molar-refractivity contribution in [1.82, 2.24) is 9.55 Å². The highest BCUT2D eigenvalue weighted by molar-refractivity contribution is 5.93. The first kappa shape index (κ1) is 21.6. The molecule has 2 heterocycles. The summed E-state index contributed by atoms with van der Waals surface area (Å²) in [5.41, 5.74) is 8.27. The normalized spacial score (nSPS) is 36.3. The van der Waals surface area contributed by atoms with Crippen molar-refractivity contribution in [1.29, 1.82) is 0 Å². The number of carbonyl (C=O) groups is 1. The molecule has 0 N–H and O–H groups in total. The molecular formula is C31H34N2O2. The van der Waals surface area contributed by atoms with Crippen LogP contribution in [-0.2, 0) is 9.53 Å². The van der Waals surface area contributed by atoms with E-state index in [1.165, 1.54) is 28.7 Å². The Kier molecular flexibility index (Phi) is 4.70. The molecule has 5 aliphatic rings. The molecule has 3 fully saturated rings. The molecule has 0 bridgehead atoms. The van der Waals surface area contributed by atoms with Gasteiger partial charge in [0.2, 0.25) is 0 Å². The first-order chi connectivity index (χ1) is 17.0. The molecule has 4 aliphatic carbocycles. The van der Waals surface area contributed by atoms with Gasteiger partial charge < -0.3 is 9.30 Å². The fourth-order valence-electron chi connectivity index (χ4n) is 8.71. The van der Waals surface area contributed by atoms with Gasteiger partial charge in [0, 0.05) is 35.8 Å². The van der Waals surface area contributed by atoms with Crippen molar-refractivity contribution >= 4 is 5.78 Å². The molecule has 1 aromatic heterocycles. The Morgan fingerprint density at radius 2 is 1.97 bits per heavy atom. The van der Waals surface area contributed by atoms with Crippen molar-refractivity contribution < 1.29 is 9.53 Å². The Morgan fingerprint density at radius 3 is 2.71 bits per heavy atom. The van der Waals surface area contributed by atoms with Gasteiger partial charge in [0.25, 0.3) is 0 Å². The van der Waals surface area contributed by atoms with E-state index in [4.69, 9.17) is 4.74 Å². The maximum atomic E-state index is 12.3. The second-order valence-corrected chi connectivity index (χ2v) is 11.6. The third-order valence-corrected chi connectivity index (χ3v) is 10.3. The van der Waals surface area contributed by atoms with Gasteiger partial charge in [0.1, 0.15) is 0 Å². The van der Waals surface area contributed by atoms with Gasteiger partial charge in [-0.05, 0) is 97.3 Å². The fourth-order valence-corrected chi connectivity index (χ4v) is 8.71. The highest BCUT2D eigenvalue weighted by Gasteiger charge is 2.65. The van der Waals surface area contributed by atoms with Gasteiger partial charge in [-0.3, -0.25) is 4.79 Å². The van der Waals surface area contributed by atoms with Crippen LogP contribution < -0.4 is 0 Å². The zero-order valence-corrected chi connectivity index (χ0v) is 20.6. The van der Waals surface area contributed by atoms with Crippen molar-refractivity contribution in [3.63, 3.8) is 0 Å². The predicted octanol–water partition coefficient (Wildman–Crippen LogP) is 6.49. The van der Waals surface area contributed by atoms with Gasteiger partial charge in [0.05, 0.1) is 18.5 Å². The summed E-state index contributed by atoms with van der Waals surface area (Å²) in [7, 11) is 0. The molecule has 1 aliphatic heterocycles. The number of benzene rings is 1. The van der Waals surface area contributed by atoms with E-state index in [0.717, 1.165) is 50.8 Å². The maximum Gasteiger partial charge on any atom is 0.156 e. The van der Waals surface area contributed by atoms with E-state index in [-0.39, 0.29) is 11.0 Å². The number of carbonyl (C=O) groups excluding carboxylic acids is 1. The summed E-state index contributed by atoms with van der Waals surface area (Å²) in [6, 6.07) is 9.11. The standard InChI is InChI=1S/C31H34N2O2/c1-20-12-16-35-31(20)13-11-28-26-9-5-22-17-24(34)8-10-25(22)29(26)27(18-30(28,31)2)21-3-6-23(7-4-21)33-15-14-32-19-33/h3-4,6-7,14-15,17,19,26-28H,1,5,8-13,16,18H2,2H3/t26?,27-,28?,30+,31?/m1/s1. The number of allylic oxidation sites excluding steroid dienone is 4. The van der Waals surface area contributed by atoms with Crippen LogP contribution in [0.3, 0.4) is 0 Å². The van der Waals surface area contributed by atoms with Crippen LogP contribution in [0.5, 0.6) is 0 Å². The van der Waals surface area contributed by atoms with Crippen LogP contribution in [0.4, 0.5) is 0 Å². The molecule has 1 aromatic carbocycles. The van der Waals surface area contributed by atoms with Gasteiger partial charge in [-0.2, -0.15) is 0 Å². The smallest absolute Gasteiger partial charge is 0.156 e. The lowest BCUT2D eigenvalue weighted by Crippen LogP contribution is -2.52. The summed E-state index contributed by atoms with van der Waals surface area (Å²) in [5.74, 6) is 1.86. The Morgan fingerprint density at radius 1 is 1.11 bits per heavy atom. The lowest BCUT2D eigenvalue weighted by atomic mass is 9.50. The van der Waals surface area contributed by atoms with E-state index >= 15 is 0 Å². The molecule has 4 heteroatoms. The van der Waals surface area contributed by atoms with E-state index in [9.17, 15) is 4.79 Å². The Hall–Kier alpha value is -2.72. The highest BCUT2D eigenvalue weighted by atomic mass is 16.5. The van der Waals surface area contributed by atoms with E-state index in [1.807, 2.05) is 24.8 Å². The number of ether oxygens (including phenoxy) is 1. The summed E-state index contributed by atoms with van der Waals surface area (Å²) in [4.78, 5) is 16.5. The minimum absolute atomic E-state index is 0.0920. The van der Waals surface area contributed by atoms with Crippen LogP contribution in [0.25, 0.3) is 5.69 Å². The van der Waals surface area contributed by atoms with Gasteiger partial charge in [-0.15, -0.1) is 0 Å². The quantitative estimate of drug-likeness (QED) is 0.475. The number of ketones is 1. The summed E-state index contributed by atoms with van der Waals surface area (Å²) >= 11 is 0. The summed E-state index contributed by atoms with van der Waals surface area (Å²) in [6.45, 7) is 7.89. The summed E-state index contributed by atoms with van der Waals surface area (Å²) < 4.78 is 8.72. The first-order valence-corrected chi connectivity index (χ1v) is 13.4. The molecule has 2 aromatic rings. The van der Waals surface area contributed by atoms with Gasteiger partial charge in [-0.25, -0.2) is 4.98 Å². The van der Waals surface area contributed by atoms with Crippen LogP contribution >= 0.6 is 0 Å². The second-order valence-electron chi connectivity index (χ2n) is 11.6. The molecule has 5 atom stereocenters. The molecule has 180 valence electrons. The number of hydrogen-bond donors (Lipinski definition) is 0.